The molecule has 1 aromatic rings. The summed E-state index contributed by atoms with van der Waals surface area (Å²) in [5, 5.41) is 15.4. The van der Waals surface area contributed by atoms with Gasteiger partial charge in [-0.05, 0) is 31.0 Å². The number of rotatable bonds is 7. The first-order valence-corrected chi connectivity index (χ1v) is 7.13. The summed E-state index contributed by atoms with van der Waals surface area (Å²) in [5.74, 6) is 0.0535. The zero-order valence-electron chi connectivity index (χ0n) is 11.9. The molecule has 20 heavy (non-hydrogen) atoms. The van der Waals surface area contributed by atoms with Crippen LogP contribution in [0.5, 0.6) is 0 Å². The fraction of sp³-hybridized carbons (Fsp3) is 0.467. The highest BCUT2D eigenvalue weighted by molar-refractivity contribution is 6.31. The minimum Gasteiger partial charge on any atom is -0.354 e. The lowest BCUT2D eigenvalue weighted by molar-refractivity contribution is -0.121. The second-order valence-electron chi connectivity index (χ2n) is 4.72. The van der Waals surface area contributed by atoms with Crippen LogP contribution in [0, 0.1) is 11.3 Å². The minimum atomic E-state index is 0.0535. The van der Waals surface area contributed by atoms with Crippen molar-refractivity contribution < 1.29 is 4.79 Å². The van der Waals surface area contributed by atoms with Crippen LogP contribution in [-0.2, 0) is 11.3 Å². The Labute approximate surface area is 125 Å². The van der Waals surface area contributed by atoms with Gasteiger partial charge in [-0.2, -0.15) is 5.26 Å². The van der Waals surface area contributed by atoms with Crippen LogP contribution in [0.25, 0.3) is 0 Å². The quantitative estimate of drug-likeness (QED) is 0.760. The van der Waals surface area contributed by atoms with Crippen molar-refractivity contribution in [3.8, 4) is 6.07 Å². The van der Waals surface area contributed by atoms with Crippen LogP contribution in [0.3, 0.4) is 0 Å². The number of hydrogen-bond donors (Lipinski definition) is 2. The van der Waals surface area contributed by atoms with E-state index in [0.29, 0.717) is 30.1 Å². The third kappa shape index (κ3) is 5.60. The summed E-state index contributed by atoms with van der Waals surface area (Å²) in [6.07, 6.45) is 1.37. The molecular formula is C15H20ClN3O. The van der Waals surface area contributed by atoms with E-state index in [4.69, 9.17) is 16.9 Å². The van der Waals surface area contributed by atoms with E-state index in [1.807, 2.05) is 26.0 Å². The lowest BCUT2D eigenvalue weighted by atomic mass is 10.1. The molecule has 1 amide bonds. The molecule has 1 rings (SSSR count). The summed E-state index contributed by atoms with van der Waals surface area (Å²) >= 11 is 6.07. The van der Waals surface area contributed by atoms with E-state index >= 15 is 0 Å². The lowest BCUT2D eigenvalue weighted by Gasteiger charge is -2.11. The first kappa shape index (κ1) is 16.5. The van der Waals surface area contributed by atoms with Crippen LogP contribution in [0.2, 0.25) is 5.02 Å². The summed E-state index contributed by atoms with van der Waals surface area (Å²) in [4.78, 5) is 11.6. The van der Waals surface area contributed by atoms with Crippen molar-refractivity contribution in [2.75, 3.05) is 6.54 Å². The number of nitrogens with zero attached hydrogens (tertiary/aromatic N) is 1. The van der Waals surface area contributed by atoms with E-state index in [1.165, 1.54) is 0 Å². The van der Waals surface area contributed by atoms with Crippen molar-refractivity contribution in [2.45, 2.75) is 39.3 Å². The van der Waals surface area contributed by atoms with Gasteiger partial charge >= 0.3 is 0 Å². The Bertz CT molecular complexity index is 496. The van der Waals surface area contributed by atoms with E-state index in [1.54, 1.807) is 12.1 Å². The van der Waals surface area contributed by atoms with E-state index in [9.17, 15) is 4.79 Å². The standard InChI is InChI=1S/C15H20ClN3O/c1-3-11(2)19-15(20)6-7-18-10-13-5-4-12(9-17)8-14(13)16/h4-5,8,11,18H,3,6-7,10H2,1-2H3,(H,19,20). The molecule has 108 valence electrons. The molecule has 1 aromatic carbocycles. The molecule has 0 bridgehead atoms. The number of amides is 1. The number of benzene rings is 1. The van der Waals surface area contributed by atoms with Gasteiger partial charge in [-0.25, -0.2) is 0 Å². The van der Waals surface area contributed by atoms with Crippen LogP contribution in [0.15, 0.2) is 18.2 Å². The minimum absolute atomic E-state index is 0.0535. The smallest absolute Gasteiger partial charge is 0.221 e. The van der Waals surface area contributed by atoms with Gasteiger partial charge in [-0.15, -0.1) is 0 Å². The molecule has 1 atom stereocenters. The fourth-order valence-electron chi connectivity index (χ4n) is 1.63. The van der Waals surface area contributed by atoms with Crippen LogP contribution < -0.4 is 10.6 Å². The van der Waals surface area contributed by atoms with E-state index in [0.717, 1.165) is 12.0 Å². The normalized spacial score (nSPS) is 11.7. The van der Waals surface area contributed by atoms with Crippen LogP contribution >= 0.6 is 11.6 Å². The van der Waals surface area contributed by atoms with Gasteiger partial charge in [0.2, 0.25) is 5.91 Å². The SMILES string of the molecule is CCC(C)NC(=O)CCNCc1ccc(C#N)cc1Cl. The molecule has 0 fully saturated rings. The highest BCUT2D eigenvalue weighted by Crippen LogP contribution is 2.17. The maximum Gasteiger partial charge on any atom is 0.221 e. The largest absolute Gasteiger partial charge is 0.354 e. The Morgan fingerprint density at radius 3 is 2.85 bits per heavy atom. The van der Waals surface area contributed by atoms with E-state index < -0.39 is 0 Å². The van der Waals surface area contributed by atoms with Gasteiger partial charge < -0.3 is 10.6 Å². The Hall–Kier alpha value is -1.57. The number of halogens is 1. The molecule has 0 aromatic heterocycles. The van der Waals surface area contributed by atoms with Crippen molar-refractivity contribution in [1.82, 2.24) is 10.6 Å². The van der Waals surface area contributed by atoms with Gasteiger partial charge in [0, 0.05) is 30.6 Å². The lowest BCUT2D eigenvalue weighted by Crippen LogP contribution is -2.33. The fourth-order valence-corrected chi connectivity index (χ4v) is 1.88. The van der Waals surface area contributed by atoms with Gasteiger partial charge in [0.1, 0.15) is 0 Å². The molecule has 0 radical (unpaired) electrons. The summed E-state index contributed by atoms with van der Waals surface area (Å²) in [7, 11) is 0. The van der Waals surface area contributed by atoms with Crippen molar-refractivity contribution in [1.29, 1.82) is 5.26 Å². The Morgan fingerprint density at radius 2 is 2.25 bits per heavy atom. The van der Waals surface area contributed by atoms with Crippen LogP contribution in [-0.4, -0.2) is 18.5 Å². The van der Waals surface area contributed by atoms with E-state index in [2.05, 4.69) is 10.6 Å². The first-order chi connectivity index (χ1) is 9.56. The second kappa shape index (κ2) is 8.57. The monoisotopic (exact) mass is 293 g/mol. The number of carbonyl (C=O) groups excluding carboxylic acids is 1. The number of carbonyl (C=O) groups is 1. The van der Waals surface area contributed by atoms with E-state index in [-0.39, 0.29) is 11.9 Å². The molecule has 1 unspecified atom stereocenters. The number of nitriles is 1. The Morgan fingerprint density at radius 1 is 1.50 bits per heavy atom. The van der Waals surface area contributed by atoms with Crippen molar-refractivity contribution >= 4 is 17.5 Å². The first-order valence-electron chi connectivity index (χ1n) is 6.75. The molecule has 0 heterocycles. The Balaban J connectivity index is 2.31. The zero-order valence-corrected chi connectivity index (χ0v) is 12.6. The molecule has 0 spiro atoms. The van der Waals surface area contributed by atoms with Crippen molar-refractivity contribution in [2.24, 2.45) is 0 Å². The molecule has 0 aliphatic heterocycles. The topological polar surface area (TPSA) is 64.9 Å². The van der Waals surface area contributed by atoms with Gasteiger partial charge in [0.25, 0.3) is 0 Å². The predicted molar refractivity (Wildman–Crippen MR) is 80.4 cm³/mol. The average molecular weight is 294 g/mol. The highest BCUT2D eigenvalue weighted by Gasteiger charge is 2.05. The molecule has 0 saturated heterocycles. The van der Waals surface area contributed by atoms with Crippen molar-refractivity contribution in [3.63, 3.8) is 0 Å². The maximum atomic E-state index is 11.6. The van der Waals surface area contributed by atoms with Gasteiger partial charge in [-0.1, -0.05) is 24.6 Å². The molecule has 5 heteroatoms. The average Bonchev–Trinajstić information content (AvgIpc) is 2.44. The molecule has 0 saturated carbocycles. The molecular weight excluding hydrogens is 274 g/mol. The van der Waals surface area contributed by atoms with Gasteiger partial charge in [-0.3, -0.25) is 4.79 Å². The summed E-state index contributed by atoms with van der Waals surface area (Å²) in [6.45, 7) is 5.21. The molecule has 0 aliphatic carbocycles. The Kier molecular flexibility index (Phi) is 7.06. The highest BCUT2D eigenvalue weighted by atomic mass is 35.5. The molecule has 0 aliphatic rings. The second-order valence-corrected chi connectivity index (χ2v) is 5.13. The third-order valence-electron chi connectivity index (χ3n) is 3.05. The number of hydrogen-bond acceptors (Lipinski definition) is 3. The number of nitrogens with one attached hydrogen (secondary N) is 2. The zero-order chi connectivity index (χ0) is 15.0. The molecule has 2 N–H and O–H groups in total. The van der Waals surface area contributed by atoms with Crippen LogP contribution in [0.1, 0.15) is 37.8 Å². The van der Waals surface area contributed by atoms with Crippen LogP contribution in [0.4, 0.5) is 0 Å². The van der Waals surface area contributed by atoms with Crippen molar-refractivity contribution in [3.05, 3.63) is 34.3 Å². The molecule has 4 nitrogen and oxygen atoms in total. The summed E-state index contributed by atoms with van der Waals surface area (Å²) < 4.78 is 0. The summed E-state index contributed by atoms with van der Waals surface area (Å²) in [5.41, 5.74) is 1.47. The maximum absolute atomic E-state index is 11.6. The predicted octanol–water partition coefficient (Wildman–Crippen LogP) is 2.61. The summed E-state index contributed by atoms with van der Waals surface area (Å²) in [6, 6.07) is 7.47. The third-order valence-corrected chi connectivity index (χ3v) is 3.40. The van der Waals surface area contributed by atoms with Gasteiger partial charge in [0.05, 0.1) is 11.6 Å². The van der Waals surface area contributed by atoms with Gasteiger partial charge in [0.15, 0.2) is 0 Å².